The zero-order valence-corrected chi connectivity index (χ0v) is 11.5. The average Bonchev–Trinajstić information content (AvgIpc) is 2.26. The van der Waals surface area contributed by atoms with Crippen LogP contribution in [-0.2, 0) is 9.53 Å². The Labute approximate surface area is 111 Å². The molecule has 1 aromatic carbocycles. The van der Waals surface area contributed by atoms with E-state index in [2.05, 4.69) is 15.9 Å². The third-order valence-corrected chi connectivity index (χ3v) is 3.35. The molecule has 0 fully saturated rings. The van der Waals surface area contributed by atoms with Crippen LogP contribution in [0.5, 0.6) is 0 Å². The minimum absolute atomic E-state index is 0.102. The number of carbonyl (C=O) groups is 2. The van der Waals surface area contributed by atoms with Crippen LogP contribution in [0.2, 0.25) is 0 Å². The lowest BCUT2D eigenvalue weighted by molar-refractivity contribution is -0.139. The maximum absolute atomic E-state index is 11.2. The van der Waals surface area contributed by atoms with Crippen molar-refractivity contribution in [1.82, 2.24) is 0 Å². The van der Waals surface area contributed by atoms with Gasteiger partial charge in [-0.1, -0.05) is 15.9 Å². The van der Waals surface area contributed by atoms with Gasteiger partial charge >= 0.3 is 11.9 Å². The van der Waals surface area contributed by atoms with Crippen molar-refractivity contribution in [1.29, 1.82) is 0 Å². The zero-order chi connectivity index (χ0) is 12.8. The first kappa shape index (κ1) is 14.1. The summed E-state index contributed by atoms with van der Waals surface area (Å²) >= 11 is 4.41. The molecule has 0 unspecified atom stereocenters. The molecule has 0 bridgehead atoms. The van der Waals surface area contributed by atoms with Gasteiger partial charge in [0.05, 0.1) is 17.9 Å². The van der Waals surface area contributed by atoms with Crippen LogP contribution in [0, 0.1) is 0 Å². The molecule has 0 heterocycles. The second kappa shape index (κ2) is 6.66. The Morgan fingerprint density at radius 2 is 2.18 bits per heavy atom. The van der Waals surface area contributed by atoms with Crippen LogP contribution in [-0.4, -0.2) is 29.4 Å². The van der Waals surface area contributed by atoms with Crippen LogP contribution in [0.3, 0.4) is 0 Å². The molecule has 0 saturated carbocycles. The smallest absolute Gasteiger partial charge is 0.336 e. The van der Waals surface area contributed by atoms with Crippen molar-refractivity contribution in [2.45, 2.75) is 11.8 Å². The number of hydrogen-bond acceptors (Lipinski definition) is 4. The highest BCUT2D eigenvalue weighted by molar-refractivity contribution is 9.10. The Bertz CT molecular complexity index is 433. The van der Waals surface area contributed by atoms with E-state index in [1.54, 1.807) is 19.1 Å². The van der Waals surface area contributed by atoms with Gasteiger partial charge in [-0.2, -0.15) is 0 Å². The summed E-state index contributed by atoms with van der Waals surface area (Å²) in [6.45, 7) is 2.05. The molecule has 92 valence electrons. The number of ether oxygens (including phenoxy) is 1. The number of hydrogen-bond donors (Lipinski definition) is 1. The Morgan fingerprint density at radius 1 is 1.47 bits per heavy atom. The number of benzene rings is 1. The third kappa shape index (κ3) is 4.40. The molecule has 0 aliphatic carbocycles. The number of halogens is 1. The molecule has 0 atom stereocenters. The van der Waals surface area contributed by atoms with Crippen LogP contribution in [0.1, 0.15) is 17.3 Å². The zero-order valence-electron chi connectivity index (χ0n) is 9.10. The van der Waals surface area contributed by atoms with E-state index in [1.165, 1.54) is 6.07 Å². The molecule has 17 heavy (non-hydrogen) atoms. The van der Waals surface area contributed by atoms with E-state index in [9.17, 15) is 9.59 Å². The highest BCUT2D eigenvalue weighted by Crippen LogP contribution is 2.26. The number of rotatable bonds is 5. The van der Waals surface area contributed by atoms with Crippen LogP contribution in [0.15, 0.2) is 27.6 Å². The third-order valence-electron chi connectivity index (χ3n) is 1.82. The molecule has 6 heteroatoms. The summed E-state index contributed by atoms with van der Waals surface area (Å²) in [7, 11) is 0. The lowest BCUT2D eigenvalue weighted by atomic mass is 10.2. The second-order valence-electron chi connectivity index (χ2n) is 3.04. The van der Waals surface area contributed by atoms with Gasteiger partial charge in [0.25, 0.3) is 0 Å². The van der Waals surface area contributed by atoms with Gasteiger partial charge in [-0.05, 0) is 25.1 Å². The standard InChI is InChI=1S/C11H11BrO4S/c1-2-16-10(13)6-17-9-5-7(12)3-4-8(9)11(14)15/h3-5H,2,6H2,1H3,(H,14,15). The normalized spacial score (nSPS) is 10.0. The van der Waals surface area contributed by atoms with Gasteiger partial charge in [0.1, 0.15) is 0 Å². The summed E-state index contributed by atoms with van der Waals surface area (Å²) in [6, 6.07) is 4.82. The first-order chi connectivity index (χ1) is 8.04. The maximum Gasteiger partial charge on any atom is 0.336 e. The van der Waals surface area contributed by atoms with Crippen molar-refractivity contribution in [2.24, 2.45) is 0 Å². The van der Waals surface area contributed by atoms with E-state index in [4.69, 9.17) is 9.84 Å². The molecule has 1 rings (SSSR count). The fourth-order valence-electron chi connectivity index (χ4n) is 1.13. The average molecular weight is 319 g/mol. The Hall–Kier alpha value is -1.01. The van der Waals surface area contributed by atoms with E-state index in [0.29, 0.717) is 11.5 Å². The minimum Gasteiger partial charge on any atom is -0.478 e. The summed E-state index contributed by atoms with van der Waals surface area (Å²) in [4.78, 5) is 22.7. The fraction of sp³-hybridized carbons (Fsp3) is 0.273. The molecule has 0 aromatic heterocycles. The van der Waals surface area contributed by atoms with Crippen molar-refractivity contribution < 1.29 is 19.4 Å². The fourth-order valence-corrected chi connectivity index (χ4v) is 2.52. The highest BCUT2D eigenvalue weighted by Gasteiger charge is 2.12. The lowest BCUT2D eigenvalue weighted by Gasteiger charge is -2.06. The van der Waals surface area contributed by atoms with E-state index in [0.717, 1.165) is 16.2 Å². The van der Waals surface area contributed by atoms with Gasteiger partial charge in [0, 0.05) is 9.37 Å². The quantitative estimate of drug-likeness (QED) is 0.668. The Kier molecular flexibility index (Phi) is 5.50. The molecule has 0 aliphatic rings. The van der Waals surface area contributed by atoms with Crippen molar-refractivity contribution >= 4 is 39.6 Å². The SMILES string of the molecule is CCOC(=O)CSc1cc(Br)ccc1C(=O)O. The summed E-state index contributed by atoms with van der Waals surface area (Å²) in [6.07, 6.45) is 0. The van der Waals surface area contributed by atoms with Gasteiger partial charge in [-0.3, -0.25) is 4.79 Å². The molecule has 0 spiro atoms. The van der Waals surface area contributed by atoms with E-state index >= 15 is 0 Å². The second-order valence-corrected chi connectivity index (χ2v) is 4.97. The number of carboxylic acid groups (broad SMARTS) is 1. The van der Waals surface area contributed by atoms with E-state index < -0.39 is 5.97 Å². The molecule has 4 nitrogen and oxygen atoms in total. The first-order valence-electron chi connectivity index (χ1n) is 4.86. The molecule has 0 saturated heterocycles. The van der Waals surface area contributed by atoms with Gasteiger partial charge in [0.2, 0.25) is 0 Å². The molecule has 1 N–H and O–H groups in total. The molecule has 0 radical (unpaired) electrons. The van der Waals surface area contributed by atoms with Crippen LogP contribution >= 0.6 is 27.7 Å². The Morgan fingerprint density at radius 3 is 2.76 bits per heavy atom. The highest BCUT2D eigenvalue weighted by atomic mass is 79.9. The minimum atomic E-state index is -1.01. The van der Waals surface area contributed by atoms with Crippen molar-refractivity contribution in [2.75, 3.05) is 12.4 Å². The van der Waals surface area contributed by atoms with Crippen LogP contribution < -0.4 is 0 Å². The number of carboxylic acids is 1. The van der Waals surface area contributed by atoms with Crippen molar-refractivity contribution in [3.8, 4) is 0 Å². The molecular weight excluding hydrogens is 308 g/mol. The molecule has 0 aliphatic heterocycles. The summed E-state index contributed by atoms with van der Waals surface area (Å²) in [5, 5.41) is 8.98. The lowest BCUT2D eigenvalue weighted by Crippen LogP contribution is -2.07. The predicted octanol–water partition coefficient (Wildman–Crippen LogP) is 2.80. The van der Waals surface area contributed by atoms with Crippen molar-refractivity contribution in [3.05, 3.63) is 28.2 Å². The summed E-state index contributed by atoms with van der Waals surface area (Å²) < 4.78 is 5.55. The Balaban J connectivity index is 2.78. The number of thioether (sulfide) groups is 1. The number of esters is 1. The summed E-state index contributed by atoms with van der Waals surface area (Å²) in [5.74, 6) is -1.26. The van der Waals surface area contributed by atoms with Gasteiger partial charge in [-0.15, -0.1) is 11.8 Å². The van der Waals surface area contributed by atoms with Crippen LogP contribution in [0.25, 0.3) is 0 Å². The first-order valence-corrected chi connectivity index (χ1v) is 6.63. The largest absolute Gasteiger partial charge is 0.478 e. The van der Waals surface area contributed by atoms with Gasteiger partial charge in [-0.25, -0.2) is 4.79 Å². The van der Waals surface area contributed by atoms with Crippen molar-refractivity contribution in [3.63, 3.8) is 0 Å². The molecule has 1 aromatic rings. The predicted molar refractivity (Wildman–Crippen MR) is 68.5 cm³/mol. The van der Waals surface area contributed by atoms with Gasteiger partial charge < -0.3 is 9.84 Å². The number of aromatic carboxylic acids is 1. The van der Waals surface area contributed by atoms with E-state index in [-0.39, 0.29) is 17.3 Å². The maximum atomic E-state index is 11.2. The molecule has 0 amide bonds. The van der Waals surface area contributed by atoms with Crippen LogP contribution in [0.4, 0.5) is 0 Å². The number of carbonyl (C=O) groups excluding carboxylic acids is 1. The van der Waals surface area contributed by atoms with Gasteiger partial charge in [0.15, 0.2) is 0 Å². The molecular formula is C11H11BrO4S. The monoisotopic (exact) mass is 318 g/mol. The van der Waals surface area contributed by atoms with E-state index in [1.807, 2.05) is 0 Å². The topological polar surface area (TPSA) is 63.6 Å². The summed E-state index contributed by atoms with van der Waals surface area (Å²) in [5.41, 5.74) is 0.183.